The second-order valence-corrected chi connectivity index (χ2v) is 6.05. The molecule has 0 saturated heterocycles. The molecule has 4 nitrogen and oxygen atoms in total. The number of hydrogen-bond acceptors (Lipinski definition) is 3. The van der Waals surface area contributed by atoms with Crippen molar-refractivity contribution in [2.75, 3.05) is 23.8 Å². The fraction of sp³-hybridized carbons (Fsp3) is 0.250. The smallest absolute Gasteiger partial charge is 0.243 e. The largest absolute Gasteiger partial charge is 0.489 e. The van der Waals surface area contributed by atoms with Gasteiger partial charge in [0.05, 0.1) is 6.54 Å². The van der Waals surface area contributed by atoms with Gasteiger partial charge in [-0.3, -0.25) is 4.79 Å². The number of benzene rings is 2. The SMILES string of the molecule is C=C(C)COc1ccc(NC(=O)CNc2cc(C)cc(C)c2)cc1. The minimum Gasteiger partial charge on any atom is -0.489 e. The third-order valence-corrected chi connectivity index (χ3v) is 3.30. The minimum absolute atomic E-state index is 0.0928. The molecule has 0 bridgehead atoms. The molecule has 0 aliphatic rings. The summed E-state index contributed by atoms with van der Waals surface area (Å²) in [5.74, 6) is 0.661. The maximum absolute atomic E-state index is 12.0. The maximum atomic E-state index is 12.0. The summed E-state index contributed by atoms with van der Waals surface area (Å²) in [7, 11) is 0. The second kappa shape index (κ2) is 8.20. The minimum atomic E-state index is -0.0928. The van der Waals surface area contributed by atoms with E-state index in [1.54, 1.807) is 0 Å². The number of rotatable bonds is 7. The molecule has 2 N–H and O–H groups in total. The predicted molar refractivity (Wildman–Crippen MR) is 99.8 cm³/mol. The zero-order valence-electron chi connectivity index (χ0n) is 14.5. The Morgan fingerprint density at radius 3 is 2.25 bits per heavy atom. The summed E-state index contributed by atoms with van der Waals surface area (Å²) in [5.41, 5.74) is 4.99. The lowest BCUT2D eigenvalue weighted by Gasteiger charge is -2.10. The van der Waals surface area contributed by atoms with E-state index < -0.39 is 0 Å². The van der Waals surface area contributed by atoms with Gasteiger partial charge in [-0.15, -0.1) is 0 Å². The highest BCUT2D eigenvalue weighted by molar-refractivity contribution is 5.93. The van der Waals surface area contributed by atoms with Crippen molar-refractivity contribution in [3.63, 3.8) is 0 Å². The summed E-state index contributed by atoms with van der Waals surface area (Å²) in [5, 5.41) is 6.00. The van der Waals surface area contributed by atoms with Gasteiger partial charge in [0, 0.05) is 11.4 Å². The van der Waals surface area contributed by atoms with E-state index in [1.807, 2.05) is 57.2 Å². The van der Waals surface area contributed by atoms with Crippen LogP contribution in [-0.2, 0) is 4.79 Å². The molecule has 0 aliphatic heterocycles. The number of nitrogens with one attached hydrogen (secondary N) is 2. The van der Waals surface area contributed by atoms with Gasteiger partial charge in [-0.05, 0) is 73.9 Å². The Hall–Kier alpha value is -2.75. The lowest BCUT2D eigenvalue weighted by molar-refractivity contribution is -0.114. The molecule has 0 fully saturated rings. The monoisotopic (exact) mass is 324 g/mol. The number of carbonyl (C=O) groups excluding carboxylic acids is 1. The van der Waals surface area contributed by atoms with E-state index in [0.717, 1.165) is 22.7 Å². The topological polar surface area (TPSA) is 50.4 Å². The molecular weight excluding hydrogens is 300 g/mol. The first kappa shape index (κ1) is 17.6. The van der Waals surface area contributed by atoms with Gasteiger partial charge >= 0.3 is 0 Å². The average Bonchev–Trinajstić information content (AvgIpc) is 2.51. The van der Waals surface area contributed by atoms with Crippen LogP contribution < -0.4 is 15.4 Å². The second-order valence-electron chi connectivity index (χ2n) is 6.05. The lowest BCUT2D eigenvalue weighted by Crippen LogP contribution is -2.21. The highest BCUT2D eigenvalue weighted by Gasteiger charge is 2.04. The molecule has 24 heavy (non-hydrogen) atoms. The predicted octanol–water partition coefficient (Wildman–Crippen LogP) is 4.31. The Morgan fingerprint density at radius 1 is 1.04 bits per heavy atom. The third kappa shape index (κ3) is 5.80. The van der Waals surface area contributed by atoms with Crippen molar-refractivity contribution in [2.24, 2.45) is 0 Å². The standard InChI is InChI=1S/C20H24N2O2/c1-14(2)13-24-19-7-5-17(6-8-19)22-20(23)12-21-18-10-15(3)9-16(4)11-18/h5-11,21H,1,12-13H2,2-4H3,(H,22,23). The van der Waals surface area contributed by atoms with Gasteiger partial charge < -0.3 is 15.4 Å². The first-order valence-corrected chi connectivity index (χ1v) is 7.91. The molecule has 126 valence electrons. The van der Waals surface area contributed by atoms with Crippen LogP contribution >= 0.6 is 0 Å². The number of carbonyl (C=O) groups is 1. The van der Waals surface area contributed by atoms with Crippen molar-refractivity contribution in [3.05, 3.63) is 65.7 Å². The Kier molecular flexibility index (Phi) is 6.01. The van der Waals surface area contributed by atoms with Crippen LogP contribution in [0.25, 0.3) is 0 Å². The van der Waals surface area contributed by atoms with Gasteiger partial charge in [-0.25, -0.2) is 0 Å². The summed E-state index contributed by atoms with van der Waals surface area (Å²) >= 11 is 0. The number of aryl methyl sites for hydroxylation is 2. The van der Waals surface area contributed by atoms with Crippen molar-refractivity contribution >= 4 is 17.3 Å². The Morgan fingerprint density at radius 2 is 1.67 bits per heavy atom. The van der Waals surface area contributed by atoms with Gasteiger partial charge in [0.2, 0.25) is 5.91 Å². The van der Waals surface area contributed by atoms with Crippen LogP contribution in [0.2, 0.25) is 0 Å². The van der Waals surface area contributed by atoms with Gasteiger partial charge in [-0.2, -0.15) is 0 Å². The molecule has 0 unspecified atom stereocenters. The summed E-state index contributed by atoms with van der Waals surface area (Å²) in [6.07, 6.45) is 0. The molecule has 0 aliphatic carbocycles. The highest BCUT2D eigenvalue weighted by atomic mass is 16.5. The maximum Gasteiger partial charge on any atom is 0.243 e. The van der Waals surface area contributed by atoms with Crippen molar-refractivity contribution in [1.82, 2.24) is 0 Å². The van der Waals surface area contributed by atoms with Gasteiger partial charge in [0.25, 0.3) is 0 Å². The van der Waals surface area contributed by atoms with Crippen LogP contribution in [0.4, 0.5) is 11.4 Å². The summed E-state index contributed by atoms with van der Waals surface area (Å²) < 4.78 is 5.53. The van der Waals surface area contributed by atoms with Crippen molar-refractivity contribution in [2.45, 2.75) is 20.8 Å². The van der Waals surface area contributed by atoms with Crippen LogP contribution in [0.3, 0.4) is 0 Å². The van der Waals surface area contributed by atoms with Crippen molar-refractivity contribution in [1.29, 1.82) is 0 Å². The van der Waals surface area contributed by atoms with E-state index in [4.69, 9.17) is 4.74 Å². The average molecular weight is 324 g/mol. The van der Waals surface area contributed by atoms with Crippen LogP contribution in [0, 0.1) is 13.8 Å². The van der Waals surface area contributed by atoms with Crippen LogP contribution in [0.1, 0.15) is 18.1 Å². The Bertz CT molecular complexity index is 701. The summed E-state index contributed by atoms with van der Waals surface area (Å²) in [4.78, 5) is 12.0. The third-order valence-electron chi connectivity index (χ3n) is 3.30. The number of anilines is 2. The van der Waals surface area contributed by atoms with E-state index in [1.165, 1.54) is 11.1 Å². The molecule has 0 heterocycles. The molecule has 4 heteroatoms. The fourth-order valence-corrected chi connectivity index (χ4v) is 2.31. The van der Waals surface area contributed by atoms with E-state index in [9.17, 15) is 4.79 Å². The first-order valence-electron chi connectivity index (χ1n) is 7.91. The van der Waals surface area contributed by atoms with Gasteiger partial charge in [0.15, 0.2) is 0 Å². The first-order chi connectivity index (χ1) is 11.4. The molecule has 0 saturated carbocycles. The van der Waals surface area contributed by atoms with E-state index in [2.05, 4.69) is 23.3 Å². The highest BCUT2D eigenvalue weighted by Crippen LogP contribution is 2.17. The molecule has 1 amide bonds. The number of amides is 1. The van der Waals surface area contributed by atoms with Crippen molar-refractivity contribution in [3.8, 4) is 5.75 Å². The van der Waals surface area contributed by atoms with Crippen LogP contribution in [0.5, 0.6) is 5.75 Å². The zero-order chi connectivity index (χ0) is 17.5. The molecular formula is C20H24N2O2. The number of ether oxygens (including phenoxy) is 1. The molecule has 2 rings (SSSR count). The molecule has 2 aromatic carbocycles. The molecule has 0 radical (unpaired) electrons. The molecule has 0 aromatic heterocycles. The van der Waals surface area contributed by atoms with Crippen molar-refractivity contribution < 1.29 is 9.53 Å². The van der Waals surface area contributed by atoms with E-state index in [0.29, 0.717) is 6.61 Å². The normalized spacial score (nSPS) is 10.1. The lowest BCUT2D eigenvalue weighted by atomic mass is 10.1. The quantitative estimate of drug-likeness (QED) is 0.746. The van der Waals surface area contributed by atoms with E-state index >= 15 is 0 Å². The summed E-state index contributed by atoms with van der Waals surface area (Å²) in [6.45, 7) is 10.5. The summed E-state index contributed by atoms with van der Waals surface area (Å²) in [6, 6.07) is 13.4. The Labute approximate surface area is 143 Å². The van der Waals surface area contributed by atoms with Gasteiger partial charge in [0.1, 0.15) is 12.4 Å². The van der Waals surface area contributed by atoms with E-state index in [-0.39, 0.29) is 12.5 Å². The zero-order valence-corrected chi connectivity index (χ0v) is 14.5. The molecule has 0 spiro atoms. The Balaban J connectivity index is 1.84. The molecule has 0 atom stereocenters. The molecule has 2 aromatic rings. The van der Waals surface area contributed by atoms with Crippen LogP contribution in [-0.4, -0.2) is 19.1 Å². The van der Waals surface area contributed by atoms with Gasteiger partial charge in [-0.1, -0.05) is 12.6 Å². The fourth-order valence-electron chi connectivity index (χ4n) is 2.31. The number of hydrogen-bond donors (Lipinski definition) is 2. The van der Waals surface area contributed by atoms with Crippen LogP contribution in [0.15, 0.2) is 54.6 Å².